The normalized spacial score (nSPS) is 14.9. The van der Waals surface area contributed by atoms with Gasteiger partial charge in [-0.2, -0.15) is 11.8 Å². The number of thioether (sulfide) groups is 1. The molecule has 1 saturated heterocycles. The van der Waals surface area contributed by atoms with E-state index in [1.165, 1.54) is 0 Å². The largest absolute Gasteiger partial charge is 0.493 e. The molecule has 9 heteroatoms. The first-order valence-electron chi connectivity index (χ1n) is 9.70. The lowest BCUT2D eigenvalue weighted by molar-refractivity contribution is 0.172. The Bertz CT molecular complexity index is 615. The Kier molecular flexibility index (Phi) is 12.6. The Morgan fingerprint density at radius 3 is 2.17 bits per heavy atom. The minimum absolute atomic E-state index is 0. The first kappa shape index (κ1) is 26.0. The van der Waals surface area contributed by atoms with E-state index in [9.17, 15) is 0 Å². The van der Waals surface area contributed by atoms with Crippen LogP contribution in [0.5, 0.6) is 17.2 Å². The standard InChI is InChI=1S/C20H34N4O3S.HI/c1-6-21-20(22-7-12-28-5)24-10-8-23(9-11-24)15-16-13-17(25-2)19(27-4)18(14-16)26-3;/h13-14H,6-12,15H2,1-5H3,(H,21,22);1H. The lowest BCUT2D eigenvalue weighted by Crippen LogP contribution is -2.52. The fourth-order valence-electron chi connectivity index (χ4n) is 3.27. The average molecular weight is 538 g/mol. The number of aliphatic imine (C=N–C) groups is 1. The molecule has 1 aliphatic rings. The molecule has 1 aromatic carbocycles. The Balaban J connectivity index is 0.00000420. The highest BCUT2D eigenvalue weighted by Gasteiger charge is 2.21. The van der Waals surface area contributed by atoms with Crippen LogP contribution in [0.3, 0.4) is 0 Å². The second-order valence-corrected chi connectivity index (χ2v) is 7.51. The molecule has 0 bridgehead atoms. The van der Waals surface area contributed by atoms with E-state index in [2.05, 4.69) is 28.3 Å². The summed E-state index contributed by atoms with van der Waals surface area (Å²) in [6.07, 6.45) is 2.12. The third kappa shape index (κ3) is 7.60. The van der Waals surface area contributed by atoms with Crippen molar-refractivity contribution in [3.05, 3.63) is 17.7 Å². The maximum atomic E-state index is 5.47. The topological polar surface area (TPSA) is 58.6 Å². The fourth-order valence-corrected chi connectivity index (χ4v) is 3.55. The highest BCUT2D eigenvalue weighted by molar-refractivity contribution is 14.0. The highest BCUT2D eigenvalue weighted by atomic mass is 127. The van der Waals surface area contributed by atoms with E-state index >= 15 is 0 Å². The second kappa shape index (κ2) is 14.0. The lowest BCUT2D eigenvalue weighted by Gasteiger charge is -2.36. The maximum absolute atomic E-state index is 5.47. The monoisotopic (exact) mass is 538 g/mol. The minimum atomic E-state index is 0. The predicted octanol–water partition coefficient (Wildman–Crippen LogP) is 2.78. The van der Waals surface area contributed by atoms with Gasteiger partial charge >= 0.3 is 0 Å². The van der Waals surface area contributed by atoms with Crippen LogP contribution < -0.4 is 19.5 Å². The third-order valence-corrected chi connectivity index (χ3v) is 5.29. The average Bonchev–Trinajstić information content (AvgIpc) is 2.73. The Morgan fingerprint density at radius 1 is 1.07 bits per heavy atom. The Morgan fingerprint density at radius 2 is 1.69 bits per heavy atom. The summed E-state index contributed by atoms with van der Waals surface area (Å²) in [5, 5.41) is 3.42. The number of ether oxygens (including phenoxy) is 3. The number of hydrogen-bond acceptors (Lipinski definition) is 6. The summed E-state index contributed by atoms with van der Waals surface area (Å²) in [6, 6.07) is 4.06. The van der Waals surface area contributed by atoms with Crippen molar-refractivity contribution in [3.8, 4) is 17.2 Å². The molecule has 1 N–H and O–H groups in total. The van der Waals surface area contributed by atoms with Crippen LogP contribution in [-0.4, -0.2) is 88.4 Å². The van der Waals surface area contributed by atoms with Crippen LogP contribution in [-0.2, 0) is 6.54 Å². The van der Waals surface area contributed by atoms with Crippen molar-refractivity contribution in [1.29, 1.82) is 0 Å². The van der Waals surface area contributed by atoms with Crippen molar-refractivity contribution >= 4 is 41.7 Å². The number of piperazine rings is 1. The number of nitrogens with one attached hydrogen (secondary N) is 1. The zero-order valence-electron chi connectivity index (χ0n) is 18.2. The van der Waals surface area contributed by atoms with Crippen LogP contribution >= 0.6 is 35.7 Å². The third-order valence-electron chi connectivity index (χ3n) is 4.69. The summed E-state index contributed by atoms with van der Waals surface area (Å²) >= 11 is 1.83. The molecule has 166 valence electrons. The van der Waals surface area contributed by atoms with Crippen molar-refractivity contribution in [2.45, 2.75) is 13.5 Å². The predicted molar refractivity (Wildman–Crippen MR) is 133 cm³/mol. The van der Waals surface area contributed by atoms with Crippen molar-refractivity contribution < 1.29 is 14.2 Å². The Hall–Kier alpha value is -1.07. The molecule has 1 aromatic rings. The van der Waals surface area contributed by atoms with Gasteiger partial charge in [0.1, 0.15) is 0 Å². The van der Waals surface area contributed by atoms with Crippen LogP contribution in [0.25, 0.3) is 0 Å². The molecule has 1 fully saturated rings. The summed E-state index contributed by atoms with van der Waals surface area (Å²) in [6.45, 7) is 8.63. The SMILES string of the molecule is CCNC(=NCCSC)N1CCN(Cc2cc(OC)c(OC)c(OC)c2)CC1.I. The Labute approximate surface area is 196 Å². The molecular formula is C20H35IN4O3S. The van der Waals surface area contributed by atoms with Crippen LogP contribution in [0.2, 0.25) is 0 Å². The van der Waals surface area contributed by atoms with Crippen LogP contribution in [0, 0.1) is 0 Å². The number of hydrogen-bond donors (Lipinski definition) is 1. The molecule has 1 heterocycles. The molecule has 0 saturated carbocycles. The van der Waals surface area contributed by atoms with Crippen molar-refractivity contribution in [2.24, 2.45) is 4.99 Å². The lowest BCUT2D eigenvalue weighted by atomic mass is 10.1. The van der Waals surface area contributed by atoms with Gasteiger partial charge in [0.25, 0.3) is 0 Å². The number of halogens is 1. The maximum Gasteiger partial charge on any atom is 0.203 e. The molecule has 0 aromatic heterocycles. The van der Waals surface area contributed by atoms with E-state index < -0.39 is 0 Å². The molecule has 0 aliphatic carbocycles. The quantitative estimate of drug-likeness (QED) is 0.225. The van der Waals surface area contributed by atoms with Gasteiger partial charge in [0, 0.05) is 45.0 Å². The van der Waals surface area contributed by atoms with Gasteiger partial charge in [-0.1, -0.05) is 0 Å². The summed E-state index contributed by atoms with van der Waals surface area (Å²) in [5.41, 5.74) is 1.16. The van der Waals surface area contributed by atoms with Crippen LogP contribution in [0.1, 0.15) is 12.5 Å². The van der Waals surface area contributed by atoms with E-state index in [0.717, 1.165) is 63.1 Å². The molecule has 0 radical (unpaired) electrons. The molecular weight excluding hydrogens is 503 g/mol. The van der Waals surface area contributed by atoms with Gasteiger partial charge in [0.15, 0.2) is 17.5 Å². The van der Waals surface area contributed by atoms with E-state index in [-0.39, 0.29) is 24.0 Å². The minimum Gasteiger partial charge on any atom is -0.493 e. The van der Waals surface area contributed by atoms with Gasteiger partial charge in [0.2, 0.25) is 5.75 Å². The second-order valence-electron chi connectivity index (χ2n) is 6.53. The van der Waals surface area contributed by atoms with Crippen molar-refractivity contribution in [2.75, 3.05) is 72.6 Å². The van der Waals surface area contributed by atoms with E-state index in [1.807, 2.05) is 23.9 Å². The molecule has 1 aliphatic heterocycles. The van der Waals surface area contributed by atoms with Gasteiger partial charge in [-0.15, -0.1) is 24.0 Å². The van der Waals surface area contributed by atoms with Gasteiger partial charge < -0.3 is 24.4 Å². The van der Waals surface area contributed by atoms with Crippen LogP contribution in [0.4, 0.5) is 0 Å². The summed E-state index contributed by atoms with van der Waals surface area (Å²) in [7, 11) is 4.93. The van der Waals surface area contributed by atoms with Crippen molar-refractivity contribution in [3.63, 3.8) is 0 Å². The van der Waals surface area contributed by atoms with Crippen LogP contribution in [0.15, 0.2) is 17.1 Å². The van der Waals surface area contributed by atoms with Gasteiger partial charge in [-0.3, -0.25) is 9.89 Å². The molecule has 0 atom stereocenters. The van der Waals surface area contributed by atoms with Gasteiger partial charge in [-0.25, -0.2) is 0 Å². The molecule has 0 spiro atoms. The zero-order valence-corrected chi connectivity index (χ0v) is 21.3. The number of rotatable bonds is 9. The molecule has 7 nitrogen and oxygen atoms in total. The summed E-state index contributed by atoms with van der Waals surface area (Å²) < 4.78 is 16.4. The molecule has 29 heavy (non-hydrogen) atoms. The number of benzene rings is 1. The molecule has 0 unspecified atom stereocenters. The summed E-state index contributed by atoms with van der Waals surface area (Å²) in [5.74, 6) is 4.12. The highest BCUT2D eigenvalue weighted by Crippen LogP contribution is 2.38. The molecule has 2 rings (SSSR count). The van der Waals surface area contributed by atoms with E-state index in [0.29, 0.717) is 17.2 Å². The van der Waals surface area contributed by atoms with Gasteiger partial charge in [0.05, 0.1) is 27.9 Å². The zero-order chi connectivity index (χ0) is 20.4. The van der Waals surface area contributed by atoms with Crippen molar-refractivity contribution in [1.82, 2.24) is 15.1 Å². The first-order chi connectivity index (χ1) is 13.7. The number of guanidine groups is 1. The van der Waals surface area contributed by atoms with E-state index in [1.54, 1.807) is 21.3 Å². The molecule has 0 amide bonds. The number of methoxy groups -OCH3 is 3. The number of nitrogens with zero attached hydrogens (tertiary/aromatic N) is 3. The smallest absolute Gasteiger partial charge is 0.203 e. The first-order valence-corrected chi connectivity index (χ1v) is 11.1. The summed E-state index contributed by atoms with van der Waals surface area (Å²) in [4.78, 5) is 9.55. The van der Waals surface area contributed by atoms with Gasteiger partial charge in [-0.05, 0) is 30.9 Å². The fraction of sp³-hybridized carbons (Fsp3) is 0.650. The van der Waals surface area contributed by atoms with E-state index in [4.69, 9.17) is 19.2 Å².